The van der Waals surface area contributed by atoms with Crippen molar-refractivity contribution in [2.24, 2.45) is 0 Å². The Hall–Kier alpha value is -1.32. The Bertz CT molecular complexity index is 960. The quantitative estimate of drug-likeness (QED) is 0.401. The van der Waals surface area contributed by atoms with Crippen molar-refractivity contribution in [3.05, 3.63) is 34.7 Å². The Morgan fingerprint density at radius 2 is 2.04 bits per heavy atom. The van der Waals surface area contributed by atoms with Gasteiger partial charge in [-0.15, -0.1) is 0 Å². The summed E-state index contributed by atoms with van der Waals surface area (Å²) in [5, 5.41) is 1.66. The average molecular weight is 442 g/mol. The molecule has 0 unspecified atom stereocenters. The molecule has 10 heteroatoms. The summed E-state index contributed by atoms with van der Waals surface area (Å²) >= 11 is 13.9. The molecule has 0 aliphatic heterocycles. The molecular formula is C17H21Cl2N5OSSi. The van der Waals surface area contributed by atoms with Crippen LogP contribution in [0.25, 0.3) is 11.2 Å². The monoisotopic (exact) mass is 441 g/mol. The summed E-state index contributed by atoms with van der Waals surface area (Å²) in [7, 11) is -1.12. The van der Waals surface area contributed by atoms with Gasteiger partial charge in [-0.25, -0.2) is 15.0 Å². The smallest absolute Gasteiger partial charge is 0.161 e. The molecule has 3 heterocycles. The van der Waals surface area contributed by atoms with Crippen molar-refractivity contribution < 1.29 is 4.74 Å². The molecule has 3 rings (SSSR count). The Morgan fingerprint density at radius 1 is 1.26 bits per heavy atom. The zero-order chi connectivity index (χ0) is 19.6. The van der Waals surface area contributed by atoms with E-state index in [1.807, 2.05) is 4.57 Å². The van der Waals surface area contributed by atoms with E-state index in [0.717, 1.165) is 17.5 Å². The molecule has 0 aliphatic carbocycles. The Kier molecular flexibility index (Phi) is 6.32. The lowest BCUT2D eigenvalue weighted by Gasteiger charge is -2.15. The van der Waals surface area contributed by atoms with Gasteiger partial charge >= 0.3 is 0 Å². The maximum atomic E-state index is 6.35. The third-order valence-electron chi connectivity index (χ3n) is 3.84. The zero-order valence-electron chi connectivity index (χ0n) is 15.4. The first kappa shape index (κ1) is 20.4. The van der Waals surface area contributed by atoms with Gasteiger partial charge in [0.1, 0.15) is 28.2 Å². The fourth-order valence-corrected chi connectivity index (χ4v) is 4.33. The van der Waals surface area contributed by atoms with Crippen LogP contribution in [0.15, 0.2) is 34.4 Å². The largest absolute Gasteiger partial charge is 0.382 e. The number of nitrogen functional groups attached to an aromatic ring is 1. The van der Waals surface area contributed by atoms with Crippen LogP contribution in [0.3, 0.4) is 0 Å². The van der Waals surface area contributed by atoms with Crippen LogP contribution in [0.4, 0.5) is 5.82 Å². The van der Waals surface area contributed by atoms with E-state index in [2.05, 4.69) is 34.6 Å². The van der Waals surface area contributed by atoms with E-state index >= 15 is 0 Å². The summed E-state index contributed by atoms with van der Waals surface area (Å²) in [5.41, 5.74) is 7.15. The molecule has 27 heavy (non-hydrogen) atoms. The van der Waals surface area contributed by atoms with Gasteiger partial charge in [0, 0.05) is 31.8 Å². The molecule has 2 N–H and O–H groups in total. The molecule has 0 aromatic carbocycles. The average Bonchev–Trinajstić information content (AvgIpc) is 2.89. The second-order valence-corrected chi connectivity index (χ2v) is 14.7. The Balaban J connectivity index is 1.76. The van der Waals surface area contributed by atoms with E-state index in [1.54, 1.807) is 24.5 Å². The van der Waals surface area contributed by atoms with E-state index in [1.165, 1.54) is 11.8 Å². The first-order valence-electron chi connectivity index (χ1n) is 8.42. The molecule has 0 amide bonds. The predicted molar refractivity (Wildman–Crippen MR) is 114 cm³/mol. The number of ether oxygens (including phenoxy) is 1. The van der Waals surface area contributed by atoms with Crippen LogP contribution in [-0.2, 0) is 11.5 Å². The zero-order valence-corrected chi connectivity index (χ0v) is 18.7. The van der Waals surface area contributed by atoms with Crippen LogP contribution in [-0.4, -0.2) is 34.2 Å². The molecule has 0 saturated heterocycles. The minimum Gasteiger partial charge on any atom is -0.382 e. The molecule has 0 aliphatic rings. The van der Waals surface area contributed by atoms with Gasteiger partial charge in [-0.3, -0.25) is 4.57 Å². The molecule has 6 nitrogen and oxygen atoms in total. The van der Waals surface area contributed by atoms with Gasteiger partial charge in [-0.05, 0) is 12.1 Å². The number of aromatic nitrogens is 4. The second-order valence-electron chi connectivity index (χ2n) is 7.27. The van der Waals surface area contributed by atoms with Crippen LogP contribution in [0.1, 0.15) is 0 Å². The number of nitrogens with two attached hydrogens (primary N) is 1. The summed E-state index contributed by atoms with van der Waals surface area (Å²) in [6, 6.07) is 4.68. The van der Waals surface area contributed by atoms with E-state index in [0.29, 0.717) is 38.9 Å². The van der Waals surface area contributed by atoms with Crippen LogP contribution < -0.4 is 5.73 Å². The van der Waals surface area contributed by atoms with Crippen molar-refractivity contribution >= 4 is 60.0 Å². The highest BCUT2D eigenvalue weighted by Gasteiger charge is 2.15. The Labute approximate surface area is 173 Å². The van der Waals surface area contributed by atoms with Crippen molar-refractivity contribution in [3.8, 4) is 0 Å². The third-order valence-corrected chi connectivity index (χ3v) is 7.33. The molecule has 0 atom stereocenters. The van der Waals surface area contributed by atoms with Crippen molar-refractivity contribution in [1.82, 2.24) is 19.5 Å². The SMILES string of the molecule is C[Si](C)(C)CCOCn1c(Cl)cc2nc(Sc3ccnc(N)c3Cl)cnc21. The van der Waals surface area contributed by atoms with Gasteiger partial charge in [-0.1, -0.05) is 54.6 Å². The lowest BCUT2D eigenvalue weighted by atomic mass is 10.5. The van der Waals surface area contributed by atoms with Crippen LogP contribution in [0.5, 0.6) is 0 Å². The van der Waals surface area contributed by atoms with Crippen molar-refractivity contribution in [2.75, 3.05) is 12.3 Å². The number of hydrogen-bond acceptors (Lipinski definition) is 6. The minimum atomic E-state index is -1.12. The fourth-order valence-electron chi connectivity index (χ4n) is 2.32. The van der Waals surface area contributed by atoms with Gasteiger partial charge < -0.3 is 10.5 Å². The molecule has 0 spiro atoms. The number of anilines is 1. The fraction of sp³-hybridized carbons (Fsp3) is 0.353. The molecule has 0 saturated carbocycles. The van der Waals surface area contributed by atoms with Gasteiger partial charge in [0.25, 0.3) is 0 Å². The summed E-state index contributed by atoms with van der Waals surface area (Å²) in [6.45, 7) is 8.04. The normalized spacial score (nSPS) is 12.0. The van der Waals surface area contributed by atoms with Crippen LogP contribution >= 0.6 is 35.0 Å². The highest BCUT2D eigenvalue weighted by atomic mass is 35.5. The lowest BCUT2D eigenvalue weighted by Crippen LogP contribution is -2.22. The van der Waals surface area contributed by atoms with Gasteiger partial charge in [0.05, 0.1) is 11.2 Å². The Morgan fingerprint density at radius 3 is 2.78 bits per heavy atom. The summed E-state index contributed by atoms with van der Waals surface area (Å²) < 4.78 is 7.62. The number of pyridine rings is 1. The summed E-state index contributed by atoms with van der Waals surface area (Å²) in [4.78, 5) is 13.9. The highest BCUT2D eigenvalue weighted by Crippen LogP contribution is 2.35. The number of hydrogen-bond donors (Lipinski definition) is 1. The molecular weight excluding hydrogens is 421 g/mol. The molecule has 3 aromatic heterocycles. The third kappa shape index (κ3) is 5.14. The first-order valence-corrected chi connectivity index (χ1v) is 13.7. The first-order chi connectivity index (χ1) is 12.7. The molecule has 144 valence electrons. The molecule has 0 bridgehead atoms. The second kappa shape index (κ2) is 8.36. The van der Waals surface area contributed by atoms with Crippen LogP contribution in [0, 0.1) is 0 Å². The molecule has 3 aromatic rings. The lowest BCUT2D eigenvalue weighted by molar-refractivity contribution is 0.0900. The summed E-state index contributed by atoms with van der Waals surface area (Å²) in [5.74, 6) is 0.292. The molecule has 0 radical (unpaired) electrons. The number of halogens is 2. The van der Waals surface area contributed by atoms with Gasteiger partial charge in [-0.2, -0.15) is 0 Å². The van der Waals surface area contributed by atoms with Crippen molar-refractivity contribution in [3.63, 3.8) is 0 Å². The highest BCUT2D eigenvalue weighted by molar-refractivity contribution is 7.99. The number of rotatable bonds is 7. The minimum absolute atomic E-state index is 0.292. The van der Waals surface area contributed by atoms with E-state index in [-0.39, 0.29) is 0 Å². The van der Waals surface area contributed by atoms with Crippen LogP contribution in [0.2, 0.25) is 35.9 Å². The van der Waals surface area contributed by atoms with Gasteiger partial charge in [0.15, 0.2) is 5.65 Å². The van der Waals surface area contributed by atoms with E-state index < -0.39 is 8.07 Å². The van der Waals surface area contributed by atoms with Crippen molar-refractivity contribution in [2.45, 2.75) is 42.3 Å². The topological polar surface area (TPSA) is 78.8 Å². The van der Waals surface area contributed by atoms with Crippen molar-refractivity contribution in [1.29, 1.82) is 0 Å². The van der Waals surface area contributed by atoms with E-state index in [4.69, 9.17) is 33.7 Å². The summed E-state index contributed by atoms with van der Waals surface area (Å²) in [6.07, 6.45) is 3.30. The van der Waals surface area contributed by atoms with E-state index in [9.17, 15) is 0 Å². The maximum Gasteiger partial charge on any atom is 0.161 e. The number of fused-ring (bicyclic) bond motifs is 1. The maximum absolute atomic E-state index is 6.35. The standard InChI is InChI=1S/C17H21Cl2N5OSSi/c1-27(2,3)7-6-25-10-24-13(18)8-11-17(24)22-9-14(23-11)26-12-4-5-21-16(20)15(12)19/h4-5,8-9H,6-7,10H2,1-3H3,(H2,20,21). The number of nitrogens with zero attached hydrogens (tertiary/aromatic N) is 4. The predicted octanol–water partition coefficient (Wildman–Crippen LogP) is 5.18. The van der Waals surface area contributed by atoms with Gasteiger partial charge in [0.2, 0.25) is 0 Å². The molecule has 0 fully saturated rings.